The third-order valence-corrected chi connectivity index (χ3v) is 8.78. The minimum atomic E-state index is -0.300. The number of thiophene rings is 1. The standard InChI is InChI=1S/C27H25BrN4O3S2/c1-16-7-10-19(11-8-16)32-26(34)24-20-5-3-4-6-22(20)37-25(24)30-27(32)36-15-23(33)31-29-14-17-13-18(28)9-12-21(17)35-2/h7-14H,3-6,15H2,1-2H3,(H,31,33)/b29-14+. The number of thioether (sulfide) groups is 1. The van der Waals surface area contributed by atoms with Crippen molar-refractivity contribution in [3.05, 3.63) is 78.9 Å². The summed E-state index contributed by atoms with van der Waals surface area (Å²) in [7, 11) is 1.58. The molecule has 190 valence electrons. The van der Waals surface area contributed by atoms with Crippen LogP contribution in [-0.4, -0.2) is 34.5 Å². The number of fused-ring (bicyclic) bond motifs is 3. The molecule has 10 heteroatoms. The largest absolute Gasteiger partial charge is 0.496 e. The maximum Gasteiger partial charge on any atom is 0.267 e. The van der Waals surface area contributed by atoms with Crippen LogP contribution in [0.4, 0.5) is 0 Å². The Kier molecular flexibility index (Phi) is 7.78. The molecule has 2 aromatic carbocycles. The summed E-state index contributed by atoms with van der Waals surface area (Å²) < 4.78 is 7.85. The Bertz CT molecular complexity index is 1560. The van der Waals surface area contributed by atoms with E-state index in [0.29, 0.717) is 10.9 Å². The molecule has 37 heavy (non-hydrogen) atoms. The molecule has 0 radical (unpaired) electrons. The summed E-state index contributed by atoms with van der Waals surface area (Å²) >= 11 is 6.26. The summed E-state index contributed by atoms with van der Waals surface area (Å²) in [4.78, 5) is 33.3. The van der Waals surface area contributed by atoms with Crippen LogP contribution in [0.2, 0.25) is 0 Å². The molecular weight excluding hydrogens is 572 g/mol. The number of methoxy groups -OCH3 is 1. The first-order valence-corrected chi connectivity index (χ1v) is 14.5. The number of halogens is 1. The van der Waals surface area contributed by atoms with Gasteiger partial charge in [-0.05, 0) is 68.5 Å². The van der Waals surface area contributed by atoms with E-state index in [0.717, 1.165) is 62.8 Å². The molecule has 2 aromatic heterocycles. The third-order valence-electron chi connectivity index (χ3n) is 6.17. The number of hydrogen-bond donors (Lipinski definition) is 1. The molecule has 0 atom stereocenters. The van der Waals surface area contributed by atoms with Gasteiger partial charge in [0.1, 0.15) is 10.6 Å². The van der Waals surface area contributed by atoms with E-state index in [1.165, 1.54) is 22.9 Å². The Labute approximate surface area is 231 Å². The number of hydrogen-bond acceptors (Lipinski definition) is 7. The van der Waals surface area contributed by atoms with Crippen molar-refractivity contribution in [1.29, 1.82) is 0 Å². The normalized spacial score (nSPS) is 13.2. The summed E-state index contributed by atoms with van der Waals surface area (Å²) in [5, 5.41) is 5.30. The highest BCUT2D eigenvalue weighted by Gasteiger charge is 2.23. The van der Waals surface area contributed by atoms with Crippen molar-refractivity contribution in [3.8, 4) is 11.4 Å². The zero-order valence-corrected chi connectivity index (χ0v) is 23.6. The van der Waals surface area contributed by atoms with Crippen molar-refractivity contribution in [1.82, 2.24) is 15.0 Å². The molecule has 0 saturated carbocycles. The number of nitrogens with one attached hydrogen (secondary N) is 1. The number of hydrazone groups is 1. The van der Waals surface area contributed by atoms with Gasteiger partial charge < -0.3 is 4.74 Å². The highest BCUT2D eigenvalue weighted by Crippen LogP contribution is 2.35. The Hall–Kier alpha value is -2.95. The first-order chi connectivity index (χ1) is 17.9. The van der Waals surface area contributed by atoms with Crippen LogP contribution < -0.4 is 15.7 Å². The van der Waals surface area contributed by atoms with Crippen LogP contribution >= 0.6 is 39.0 Å². The maximum absolute atomic E-state index is 13.8. The number of amides is 1. The van der Waals surface area contributed by atoms with E-state index in [1.54, 1.807) is 23.0 Å². The van der Waals surface area contributed by atoms with E-state index in [1.807, 2.05) is 49.4 Å². The van der Waals surface area contributed by atoms with Crippen molar-refractivity contribution in [2.75, 3.05) is 12.9 Å². The molecule has 1 N–H and O–H groups in total. The molecule has 1 aliphatic carbocycles. The second kappa shape index (κ2) is 11.2. The van der Waals surface area contributed by atoms with Crippen LogP contribution in [-0.2, 0) is 17.6 Å². The third kappa shape index (κ3) is 5.51. The number of nitrogens with zero attached hydrogens (tertiary/aromatic N) is 3. The predicted molar refractivity (Wildman–Crippen MR) is 154 cm³/mol. The van der Waals surface area contributed by atoms with Gasteiger partial charge in [-0.2, -0.15) is 5.10 Å². The van der Waals surface area contributed by atoms with Crippen molar-refractivity contribution < 1.29 is 9.53 Å². The molecule has 0 bridgehead atoms. The lowest BCUT2D eigenvalue weighted by Crippen LogP contribution is -2.24. The zero-order chi connectivity index (χ0) is 25.9. The summed E-state index contributed by atoms with van der Waals surface area (Å²) in [5.41, 5.74) is 6.20. The average Bonchev–Trinajstić information content (AvgIpc) is 3.27. The smallest absolute Gasteiger partial charge is 0.267 e. The monoisotopic (exact) mass is 596 g/mol. The van der Waals surface area contributed by atoms with E-state index in [9.17, 15) is 9.59 Å². The van der Waals surface area contributed by atoms with E-state index >= 15 is 0 Å². The van der Waals surface area contributed by atoms with Gasteiger partial charge in [-0.25, -0.2) is 10.4 Å². The number of carbonyl (C=O) groups excluding carboxylic acids is 1. The molecule has 7 nitrogen and oxygen atoms in total. The van der Waals surface area contributed by atoms with Gasteiger partial charge in [-0.15, -0.1) is 11.3 Å². The van der Waals surface area contributed by atoms with E-state index in [4.69, 9.17) is 9.72 Å². The molecule has 0 fully saturated rings. The van der Waals surface area contributed by atoms with E-state index in [2.05, 4.69) is 26.5 Å². The van der Waals surface area contributed by atoms with Crippen LogP contribution in [0.15, 0.2) is 62.0 Å². The van der Waals surface area contributed by atoms with Crippen LogP contribution in [0.25, 0.3) is 15.9 Å². The summed E-state index contributed by atoms with van der Waals surface area (Å²) in [6.45, 7) is 2.01. The van der Waals surface area contributed by atoms with E-state index < -0.39 is 0 Å². The number of aromatic nitrogens is 2. The summed E-state index contributed by atoms with van der Waals surface area (Å²) in [6.07, 6.45) is 5.67. The second-order valence-corrected chi connectivity index (χ2v) is 11.7. The highest BCUT2D eigenvalue weighted by molar-refractivity contribution is 9.10. The van der Waals surface area contributed by atoms with Gasteiger partial charge in [0.25, 0.3) is 11.5 Å². The average molecular weight is 598 g/mol. The molecule has 0 aliphatic heterocycles. The fourth-order valence-corrected chi connectivity index (χ4v) is 6.83. The number of benzene rings is 2. The van der Waals surface area contributed by atoms with Crippen molar-refractivity contribution in [3.63, 3.8) is 0 Å². The number of aryl methyl sites for hydroxylation is 3. The lowest BCUT2D eigenvalue weighted by Gasteiger charge is -2.13. The first-order valence-electron chi connectivity index (χ1n) is 11.9. The lowest BCUT2D eigenvalue weighted by molar-refractivity contribution is -0.118. The fraction of sp³-hybridized carbons (Fsp3) is 0.259. The lowest BCUT2D eigenvalue weighted by atomic mass is 9.97. The molecule has 4 aromatic rings. The highest BCUT2D eigenvalue weighted by atomic mass is 79.9. The zero-order valence-electron chi connectivity index (χ0n) is 20.4. The van der Waals surface area contributed by atoms with Crippen molar-refractivity contribution in [2.24, 2.45) is 5.10 Å². The van der Waals surface area contributed by atoms with Crippen LogP contribution in [0.5, 0.6) is 5.75 Å². The Morgan fingerprint density at radius 2 is 2.03 bits per heavy atom. The Morgan fingerprint density at radius 1 is 1.24 bits per heavy atom. The molecular formula is C27H25BrN4O3S2. The van der Waals surface area contributed by atoms with Gasteiger partial charge in [0.05, 0.1) is 30.2 Å². The van der Waals surface area contributed by atoms with Gasteiger partial charge in [0, 0.05) is 14.9 Å². The molecule has 0 saturated heterocycles. The van der Waals surface area contributed by atoms with Crippen LogP contribution in [0.3, 0.4) is 0 Å². The molecule has 0 unspecified atom stereocenters. The topological polar surface area (TPSA) is 85.6 Å². The van der Waals surface area contributed by atoms with Gasteiger partial charge in [0.2, 0.25) is 0 Å². The SMILES string of the molecule is COc1ccc(Br)cc1/C=N/NC(=O)CSc1nc2sc3c(c2c(=O)n1-c1ccc(C)cc1)CCCC3. The van der Waals surface area contributed by atoms with Crippen molar-refractivity contribution >= 4 is 61.4 Å². The Balaban J connectivity index is 1.41. The molecule has 2 heterocycles. The van der Waals surface area contributed by atoms with Gasteiger partial charge in [-0.3, -0.25) is 14.2 Å². The molecule has 5 rings (SSSR count). The molecule has 0 spiro atoms. The maximum atomic E-state index is 13.8. The summed E-state index contributed by atoms with van der Waals surface area (Å²) in [6, 6.07) is 13.3. The number of rotatable bonds is 7. The predicted octanol–water partition coefficient (Wildman–Crippen LogP) is 5.65. The first kappa shape index (κ1) is 25.7. The fourth-order valence-electron chi connectivity index (χ4n) is 4.35. The van der Waals surface area contributed by atoms with Gasteiger partial charge >= 0.3 is 0 Å². The van der Waals surface area contributed by atoms with Crippen LogP contribution in [0.1, 0.15) is 34.4 Å². The van der Waals surface area contributed by atoms with Gasteiger partial charge in [0.15, 0.2) is 5.16 Å². The number of carbonyl (C=O) groups is 1. The molecule has 1 aliphatic rings. The Morgan fingerprint density at radius 3 is 2.81 bits per heavy atom. The number of ether oxygens (including phenoxy) is 1. The summed E-state index contributed by atoms with van der Waals surface area (Å²) in [5.74, 6) is 0.404. The van der Waals surface area contributed by atoms with Crippen LogP contribution in [0, 0.1) is 6.92 Å². The second-order valence-electron chi connectivity index (χ2n) is 8.73. The molecule has 1 amide bonds. The van der Waals surface area contributed by atoms with Gasteiger partial charge in [-0.1, -0.05) is 45.4 Å². The quantitative estimate of drug-likeness (QED) is 0.129. The van der Waals surface area contributed by atoms with Crippen molar-refractivity contribution in [2.45, 2.75) is 37.8 Å². The van der Waals surface area contributed by atoms with E-state index in [-0.39, 0.29) is 17.2 Å². The minimum absolute atomic E-state index is 0.0574. The minimum Gasteiger partial charge on any atom is -0.496 e.